The van der Waals surface area contributed by atoms with Crippen LogP contribution in [0, 0.1) is 10.1 Å². The molecule has 1 aliphatic rings. The number of thiophene rings is 1. The Kier molecular flexibility index (Phi) is 4.97. The van der Waals surface area contributed by atoms with E-state index < -0.39 is 14.9 Å². The summed E-state index contributed by atoms with van der Waals surface area (Å²) < 4.78 is 26.2. The Bertz CT molecular complexity index is 596. The average Bonchev–Trinajstić information content (AvgIpc) is 2.98. The van der Waals surface area contributed by atoms with E-state index in [1.54, 1.807) is 0 Å². The quantitative estimate of drug-likeness (QED) is 0.607. The number of halogens is 1. The number of nitro groups is 1. The first-order valence-corrected chi connectivity index (χ1v) is 8.74. The van der Waals surface area contributed by atoms with Gasteiger partial charge in [-0.05, 0) is 25.8 Å². The zero-order valence-electron chi connectivity index (χ0n) is 10.5. The highest BCUT2D eigenvalue weighted by Crippen LogP contribution is 2.36. The van der Waals surface area contributed by atoms with Crippen molar-refractivity contribution < 1.29 is 13.3 Å². The minimum absolute atomic E-state index is 0.131. The topological polar surface area (TPSA) is 101 Å². The van der Waals surface area contributed by atoms with Gasteiger partial charge in [0.2, 0.25) is 10.0 Å². The van der Waals surface area contributed by atoms with Crippen molar-refractivity contribution in [2.45, 2.75) is 29.5 Å². The van der Waals surface area contributed by atoms with Crippen LogP contribution in [0.4, 0.5) is 5.69 Å². The van der Waals surface area contributed by atoms with Gasteiger partial charge >= 0.3 is 0 Å². The van der Waals surface area contributed by atoms with E-state index in [2.05, 4.69) is 10.0 Å². The Morgan fingerprint density at radius 2 is 2.35 bits per heavy atom. The molecule has 0 aromatic carbocycles. The molecule has 2 N–H and O–H groups in total. The third kappa shape index (κ3) is 3.67. The summed E-state index contributed by atoms with van der Waals surface area (Å²) in [5.41, 5.74) is -0.380. The molecular weight excluding hydrogens is 326 g/mol. The van der Waals surface area contributed by atoms with Gasteiger partial charge in [-0.2, -0.15) is 0 Å². The summed E-state index contributed by atoms with van der Waals surface area (Å²) in [6.45, 7) is 1.26. The van der Waals surface area contributed by atoms with Gasteiger partial charge in [-0.25, -0.2) is 13.1 Å². The van der Waals surface area contributed by atoms with E-state index in [-0.39, 0.29) is 14.2 Å². The van der Waals surface area contributed by atoms with Crippen LogP contribution in [-0.2, 0) is 10.0 Å². The Morgan fingerprint density at radius 3 is 2.90 bits per heavy atom. The van der Waals surface area contributed by atoms with Crippen LogP contribution in [0.1, 0.15) is 19.3 Å². The molecule has 0 spiro atoms. The molecule has 1 aromatic heterocycles. The van der Waals surface area contributed by atoms with Crippen molar-refractivity contribution in [1.29, 1.82) is 0 Å². The number of sulfonamides is 1. The summed E-state index contributed by atoms with van der Waals surface area (Å²) in [6.07, 6.45) is 2.84. The molecule has 2 rings (SSSR count). The van der Waals surface area contributed by atoms with E-state index in [0.717, 1.165) is 25.5 Å². The number of nitrogens with zero attached hydrogens (tertiary/aromatic N) is 1. The van der Waals surface area contributed by atoms with E-state index >= 15 is 0 Å². The lowest BCUT2D eigenvalue weighted by atomic mass is 10.2. The molecule has 0 aliphatic carbocycles. The normalized spacial score (nSPS) is 19.4. The van der Waals surface area contributed by atoms with E-state index in [1.165, 1.54) is 0 Å². The number of hydrogen-bond donors (Lipinski definition) is 2. The molecule has 1 fully saturated rings. The van der Waals surface area contributed by atoms with Gasteiger partial charge in [-0.15, -0.1) is 11.3 Å². The van der Waals surface area contributed by atoms with Gasteiger partial charge in [-0.1, -0.05) is 11.6 Å². The number of rotatable bonds is 6. The summed E-state index contributed by atoms with van der Waals surface area (Å²) in [6, 6.07) is 1.32. The summed E-state index contributed by atoms with van der Waals surface area (Å²) in [5.74, 6) is 0. The van der Waals surface area contributed by atoms with Crippen molar-refractivity contribution in [2.75, 3.05) is 13.1 Å². The fourth-order valence-corrected chi connectivity index (χ4v) is 4.79. The van der Waals surface area contributed by atoms with Crippen molar-refractivity contribution in [2.24, 2.45) is 0 Å². The Balaban J connectivity index is 1.98. The average molecular weight is 340 g/mol. The molecule has 0 unspecified atom stereocenters. The Labute approximate surface area is 125 Å². The highest BCUT2D eigenvalue weighted by Gasteiger charge is 2.25. The van der Waals surface area contributed by atoms with Crippen molar-refractivity contribution in [3.63, 3.8) is 0 Å². The maximum absolute atomic E-state index is 12.0. The van der Waals surface area contributed by atoms with Crippen LogP contribution in [0.15, 0.2) is 10.3 Å². The molecule has 0 saturated carbocycles. The van der Waals surface area contributed by atoms with Gasteiger partial charge in [0.15, 0.2) is 4.34 Å². The van der Waals surface area contributed by atoms with E-state index in [4.69, 9.17) is 11.6 Å². The van der Waals surface area contributed by atoms with E-state index in [0.29, 0.717) is 30.3 Å². The van der Waals surface area contributed by atoms with Crippen LogP contribution in [0.3, 0.4) is 0 Å². The molecule has 20 heavy (non-hydrogen) atoms. The van der Waals surface area contributed by atoms with Crippen LogP contribution in [0.25, 0.3) is 0 Å². The van der Waals surface area contributed by atoms with Crippen molar-refractivity contribution in [1.82, 2.24) is 10.0 Å². The number of hydrogen-bond acceptors (Lipinski definition) is 6. The molecule has 1 atom stereocenters. The second kappa shape index (κ2) is 6.35. The van der Waals surface area contributed by atoms with Gasteiger partial charge in [0.1, 0.15) is 4.21 Å². The molecule has 0 bridgehead atoms. The lowest BCUT2D eigenvalue weighted by Crippen LogP contribution is -2.30. The molecule has 0 radical (unpaired) electrons. The zero-order chi connectivity index (χ0) is 14.8. The predicted molar refractivity (Wildman–Crippen MR) is 76.8 cm³/mol. The van der Waals surface area contributed by atoms with E-state index in [1.807, 2.05) is 0 Å². The maximum Gasteiger partial charge on any atom is 0.300 e. The molecule has 112 valence electrons. The first-order valence-electron chi connectivity index (χ1n) is 6.07. The van der Waals surface area contributed by atoms with Gasteiger partial charge in [0, 0.05) is 18.7 Å². The second-order valence-corrected chi connectivity index (χ2v) is 8.11. The van der Waals surface area contributed by atoms with Crippen molar-refractivity contribution >= 4 is 38.6 Å². The lowest BCUT2D eigenvalue weighted by molar-refractivity contribution is -0.384. The first-order chi connectivity index (χ1) is 9.40. The third-order valence-corrected chi connectivity index (χ3v) is 6.33. The number of nitrogens with one attached hydrogen (secondary N) is 2. The van der Waals surface area contributed by atoms with Gasteiger partial charge < -0.3 is 5.32 Å². The summed E-state index contributed by atoms with van der Waals surface area (Å²) >= 11 is 6.35. The van der Waals surface area contributed by atoms with Crippen molar-refractivity contribution in [3.05, 3.63) is 20.5 Å². The molecule has 1 aliphatic heterocycles. The fourth-order valence-electron chi connectivity index (χ4n) is 2.04. The first kappa shape index (κ1) is 15.6. The van der Waals surface area contributed by atoms with Gasteiger partial charge in [0.05, 0.1) is 4.92 Å². The smallest absolute Gasteiger partial charge is 0.300 e. The second-order valence-electron chi connectivity index (χ2n) is 4.46. The molecule has 0 amide bonds. The van der Waals surface area contributed by atoms with E-state index in [9.17, 15) is 18.5 Å². The van der Waals surface area contributed by atoms with Crippen LogP contribution in [-0.4, -0.2) is 32.5 Å². The standard InChI is InChI=1S/C10H14ClN3O4S2/c11-10-8(14(15)16)6-9(19-10)20(17,18)13-5-3-7-2-1-4-12-7/h6-7,12-13H,1-5H2/t7-/m0/s1. The summed E-state index contributed by atoms with van der Waals surface area (Å²) in [4.78, 5) is 9.96. The van der Waals surface area contributed by atoms with Crippen molar-refractivity contribution in [3.8, 4) is 0 Å². The van der Waals surface area contributed by atoms with Crippen LogP contribution in [0.2, 0.25) is 4.34 Å². The molecule has 1 saturated heterocycles. The molecule has 1 aromatic rings. The molecular formula is C10H14ClN3O4S2. The highest BCUT2D eigenvalue weighted by atomic mass is 35.5. The van der Waals surface area contributed by atoms with Gasteiger partial charge in [-0.3, -0.25) is 10.1 Å². The molecule has 10 heteroatoms. The monoisotopic (exact) mass is 339 g/mol. The van der Waals surface area contributed by atoms with Crippen LogP contribution in [0.5, 0.6) is 0 Å². The fraction of sp³-hybridized carbons (Fsp3) is 0.600. The minimum atomic E-state index is -3.74. The Hall–Kier alpha value is -0.740. The van der Waals surface area contributed by atoms with Crippen LogP contribution < -0.4 is 10.0 Å². The summed E-state index contributed by atoms with van der Waals surface area (Å²) in [7, 11) is -3.74. The zero-order valence-corrected chi connectivity index (χ0v) is 12.9. The third-order valence-electron chi connectivity index (χ3n) is 3.05. The molecule has 2 heterocycles. The largest absolute Gasteiger partial charge is 0.314 e. The maximum atomic E-state index is 12.0. The minimum Gasteiger partial charge on any atom is -0.314 e. The predicted octanol–water partition coefficient (Wildman–Crippen LogP) is 1.73. The van der Waals surface area contributed by atoms with Gasteiger partial charge in [0.25, 0.3) is 5.69 Å². The van der Waals surface area contributed by atoms with Crippen LogP contribution >= 0.6 is 22.9 Å². The summed E-state index contributed by atoms with van der Waals surface area (Å²) in [5, 5.41) is 13.9. The Morgan fingerprint density at radius 1 is 1.60 bits per heavy atom. The lowest BCUT2D eigenvalue weighted by Gasteiger charge is -2.10. The molecule has 7 nitrogen and oxygen atoms in total. The SMILES string of the molecule is O=[N+]([O-])c1cc(S(=O)(=O)NCC[C@@H]2CCCN2)sc1Cl. The highest BCUT2D eigenvalue weighted by molar-refractivity contribution is 7.91.